The molecule has 0 spiro atoms. The van der Waals surface area contributed by atoms with Crippen LogP contribution in [0.25, 0.3) is 11.6 Å². The summed E-state index contributed by atoms with van der Waals surface area (Å²) in [5.41, 5.74) is -0.0712. The molecule has 0 unspecified atom stereocenters. The fourth-order valence-electron chi connectivity index (χ4n) is 2.26. The van der Waals surface area contributed by atoms with E-state index in [1.807, 2.05) is 20.8 Å². The Bertz CT molecular complexity index is 626. The van der Waals surface area contributed by atoms with E-state index in [0.29, 0.717) is 23.9 Å². The van der Waals surface area contributed by atoms with Gasteiger partial charge < -0.3 is 14.3 Å². The molecular weight excluding hydrogens is 294 g/mol. The predicted molar refractivity (Wildman–Crippen MR) is 86.4 cm³/mol. The van der Waals surface area contributed by atoms with Crippen LogP contribution in [0.3, 0.4) is 0 Å². The molecule has 0 aliphatic rings. The largest absolute Gasteiger partial charge is 0.461 e. The van der Waals surface area contributed by atoms with Crippen LogP contribution in [0.15, 0.2) is 27.3 Å². The van der Waals surface area contributed by atoms with Crippen LogP contribution in [0.1, 0.15) is 59.4 Å². The molecule has 6 nitrogen and oxygen atoms in total. The standard InChI is InChI=1S/C17H25N3O3/c1-6-11(2)14(18-13(21)10-17(3,4)5)16-19-15(20-23-16)12-8-7-9-22-12/h7-9,11,14H,6,10H2,1-5H3,(H,18,21)/t11-,14-/m1/s1. The van der Waals surface area contributed by atoms with Crippen molar-refractivity contribution in [1.82, 2.24) is 15.5 Å². The quantitative estimate of drug-likeness (QED) is 0.871. The Kier molecular flexibility index (Phi) is 5.23. The first-order chi connectivity index (χ1) is 10.8. The van der Waals surface area contributed by atoms with Crippen molar-refractivity contribution < 1.29 is 13.7 Å². The number of carbonyl (C=O) groups excluding carboxylic acids is 1. The Balaban J connectivity index is 2.17. The summed E-state index contributed by atoms with van der Waals surface area (Å²) in [6.07, 6.45) is 2.89. The highest BCUT2D eigenvalue weighted by Gasteiger charge is 2.28. The number of amides is 1. The maximum Gasteiger partial charge on any atom is 0.249 e. The average molecular weight is 319 g/mol. The predicted octanol–water partition coefficient (Wildman–Crippen LogP) is 3.97. The normalized spacial score (nSPS) is 14.5. The first kappa shape index (κ1) is 17.2. The van der Waals surface area contributed by atoms with Gasteiger partial charge in [-0.05, 0) is 23.5 Å². The summed E-state index contributed by atoms with van der Waals surface area (Å²) >= 11 is 0. The lowest BCUT2D eigenvalue weighted by molar-refractivity contribution is -0.124. The van der Waals surface area contributed by atoms with Crippen molar-refractivity contribution in [2.75, 3.05) is 0 Å². The molecule has 0 aromatic carbocycles. The van der Waals surface area contributed by atoms with Crippen LogP contribution in [0, 0.1) is 11.3 Å². The lowest BCUT2D eigenvalue weighted by Crippen LogP contribution is -2.34. The Morgan fingerprint density at radius 1 is 1.39 bits per heavy atom. The van der Waals surface area contributed by atoms with Gasteiger partial charge in [-0.1, -0.05) is 46.2 Å². The molecule has 1 amide bonds. The van der Waals surface area contributed by atoms with E-state index in [2.05, 4.69) is 29.3 Å². The van der Waals surface area contributed by atoms with E-state index < -0.39 is 0 Å². The van der Waals surface area contributed by atoms with Gasteiger partial charge in [0, 0.05) is 6.42 Å². The van der Waals surface area contributed by atoms with Gasteiger partial charge in [0.25, 0.3) is 0 Å². The molecule has 2 aromatic rings. The zero-order chi connectivity index (χ0) is 17.0. The summed E-state index contributed by atoms with van der Waals surface area (Å²) in [6.45, 7) is 10.2. The molecule has 2 atom stereocenters. The van der Waals surface area contributed by atoms with Gasteiger partial charge in [0.15, 0.2) is 5.76 Å². The van der Waals surface area contributed by atoms with Crippen LogP contribution < -0.4 is 5.32 Å². The maximum atomic E-state index is 12.3. The first-order valence-electron chi connectivity index (χ1n) is 7.97. The molecule has 0 aliphatic heterocycles. The summed E-state index contributed by atoms with van der Waals surface area (Å²) in [6, 6.07) is 3.24. The van der Waals surface area contributed by atoms with E-state index in [-0.39, 0.29) is 23.3 Å². The van der Waals surface area contributed by atoms with E-state index in [9.17, 15) is 4.79 Å². The lowest BCUT2D eigenvalue weighted by Gasteiger charge is -2.23. The maximum absolute atomic E-state index is 12.3. The molecule has 126 valence electrons. The van der Waals surface area contributed by atoms with Gasteiger partial charge in [-0.25, -0.2) is 0 Å². The second-order valence-electron chi connectivity index (χ2n) is 7.10. The smallest absolute Gasteiger partial charge is 0.249 e. The Hall–Kier alpha value is -2.11. The number of nitrogens with one attached hydrogen (secondary N) is 1. The van der Waals surface area contributed by atoms with Gasteiger partial charge in [0.05, 0.1) is 6.26 Å². The van der Waals surface area contributed by atoms with Gasteiger partial charge in [0.1, 0.15) is 6.04 Å². The second-order valence-corrected chi connectivity index (χ2v) is 7.10. The van der Waals surface area contributed by atoms with Crippen LogP contribution in [0.5, 0.6) is 0 Å². The van der Waals surface area contributed by atoms with Gasteiger partial charge in [-0.2, -0.15) is 4.98 Å². The van der Waals surface area contributed by atoms with E-state index >= 15 is 0 Å². The molecule has 23 heavy (non-hydrogen) atoms. The van der Waals surface area contributed by atoms with Crippen molar-refractivity contribution in [3.8, 4) is 11.6 Å². The average Bonchev–Trinajstić information content (AvgIpc) is 3.12. The molecule has 2 aromatic heterocycles. The van der Waals surface area contributed by atoms with Crippen molar-refractivity contribution in [2.45, 2.75) is 53.5 Å². The zero-order valence-corrected chi connectivity index (χ0v) is 14.4. The number of carbonyl (C=O) groups is 1. The number of aromatic nitrogens is 2. The van der Waals surface area contributed by atoms with E-state index in [4.69, 9.17) is 8.94 Å². The highest BCUT2D eigenvalue weighted by molar-refractivity contribution is 5.77. The third-order valence-electron chi connectivity index (χ3n) is 3.67. The van der Waals surface area contributed by atoms with Gasteiger partial charge in [-0.3, -0.25) is 4.79 Å². The minimum absolute atomic E-state index is 0.0134. The fourth-order valence-corrected chi connectivity index (χ4v) is 2.26. The zero-order valence-electron chi connectivity index (χ0n) is 14.4. The van der Waals surface area contributed by atoms with Gasteiger partial charge in [-0.15, -0.1) is 0 Å². The van der Waals surface area contributed by atoms with E-state index in [1.54, 1.807) is 18.4 Å². The molecule has 2 rings (SSSR count). The number of furan rings is 1. The molecule has 0 aliphatic carbocycles. The third kappa shape index (κ3) is 4.68. The third-order valence-corrected chi connectivity index (χ3v) is 3.67. The molecule has 6 heteroatoms. The van der Waals surface area contributed by atoms with Crippen molar-refractivity contribution in [1.29, 1.82) is 0 Å². The highest BCUT2D eigenvalue weighted by atomic mass is 16.5. The molecule has 2 heterocycles. The molecule has 0 fully saturated rings. The number of rotatable bonds is 6. The molecule has 0 saturated heterocycles. The van der Waals surface area contributed by atoms with Gasteiger partial charge in [0.2, 0.25) is 17.6 Å². The van der Waals surface area contributed by atoms with Crippen LogP contribution in [0.2, 0.25) is 0 Å². The summed E-state index contributed by atoms with van der Waals surface area (Å²) in [5.74, 6) is 1.52. The Morgan fingerprint density at radius 2 is 2.13 bits per heavy atom. The summed E-state index contributed by atoms with van der Waals surface area (Å²) < 4.78 is 10.6. The number of nitrogens with zero attached hydrogens (tertiary/aromatic N) is 2. The van der Waals surface area contributed by atoms with E-state index in [1.165, 1.54) is 0 Å². The monoisotopic (exact) mass is 319 g/mol. The lowest BCUT2D eigenvalue weighted by atomic mass is 9.91. The fraction of sp³-hybridized carbons (Fsp3) is 0.588. The molecule has 1 N–H and O–H groups in total. The number of hydrogen-bond donors (Lipinski definition) is 1. The van der Waals surface area contributed by atoms with Crippen LogP contribution in [-0.2, 0) is 4.79 Å². The van der Waals surface area contributed by atoms with Crippen LogP contribution in [-0.4, -0.2) is 16.0 Å². The summed E-state index contributed by atoms with van der Waals surface area (Å²) in [4.78, 5) is 16.7. The number of hydrogen-bond acceptors (Lipinski definition) is 5. The molecule has 0 saturated carbocycles. The topological polar surface area (TPSA) is 81.2 Å². The Labute approximate surface area is 136 Å². The van der Waals surface area contributed by atoms with Crippen LogP contribution in [0.4, 0.5) is 0 Å². The molecule has 0 bridgehead atoms. The Morgan fingerprint density at radius 3 is 2.70 bits per heavy atom. The highest BCUT2D eigenvalue weighted by Crippen LogP contribution is 2.27. The minimum Gasteiger partial charge on any atom is -0.461 e. The minimum atomic E-state index is -0.300. The van der Waals surface area contributed by atoms with Crippen LogP contribution >= 0.6 is 0 Å². The SMILES string of the molecule is CC[C@@H](C)[C@@H](NC(=O)CC(C)(C)C)c1nc(-c2ccco2)no1. The van der Waals surface area contributed by atoms with E-state index in [0.717, 1.165) is 6.42 Å². The summed E-state index contributed by atoms with van der Waals surface area (Å²) in [7, 11) is 0. The molecule has 0 radical (unpaired) electrons. The van der Waals surface area contributed by atoms with Crippen molar-refractivity contribution >= 4 is 5.91 Å². The van der Waals surface area contributed by atoms with Crippen molar-refractivity contribution in [2.24, 2.45) is 11.3 Å². The van der Waals surface area contributed by atoms with Crippen molar-refractivity contribution in [3.63, 3.8) is 0 Å². The van der Waals surface area contributed by atoms with Gasteiger partial charge >= 0.3 is 0 Å². The summed E-state index contributed by atoms with van der Waals surface area (Å²) in [5, 5.41) is 6.98. The first-order valence-corrected chi connectivity index (χ1v) is 7.97. The molecular formula is C17H25N3O3. The second kappa shape index (κ2) is 6.98. The van der Waals surface area contributed by atoms with Crippen molar-refractivity contribution in [3.05, 3.63) is 24.3 Å².